The second-order valence-electron chi connectivity index (χ2n) is 4.84. The maximum absolute atomic E-state index is 3.53. The second kappa shape index (κ2) is 3.39. The molecule has 0 saturated carbocycles. The molecule has 1 aliphatic rings. The highest BCUT2D eigenvalue weighted by Gasteiger charge is 2.30. The Bertz CT molecular complexity index is 159. The molecule has 1 saturated heterocycles. The van der Waals surface area contributed by atoms with Crippen LogP contribution in [-0.4, -0.2) is 31.0 Å². The summed E-state index contributed by atoms with van der Waals surface area (Å²) in [5.41, 5.74) is 0.344. The zero-order valence-electron chi connectivity index (χ0n) is 9.02. The van der Waals surface area contributed by atoms with Crippen molar-refractivity contribution < 1.29 is 0 Å². The van der Waals surface area contributed by atoms with Gasteiger partial charge in [-0.15, -0.1) is 0 Å². The van der Waals surface area contributed by atoms with Gasteiger partial charge in [0.15, 0.2) is 7.98 Å². The lowest BCUT2D eigenvalue weighted by Crippen LogP contribution is -2.44. The molecule has 1 N–H and O–H groups in total. The molecule has 2 unspecified atom stereocenters. The molecule has 12 heavy (non-hydrogen) atoms. The third-order valence-electron chi connectivity index (χ3n) is 3.36. The first kappa shape index (κ1) is 10.1. The maximum Gasteiger partial charge on any atom is 0.187 e. The molecule has 2 atom stereocenters. The van der Waals surface area contributed by atoms with E-state index in [0.717, 1.165) is 12.6 Å². The Morgan fingerprint density at radius 2 is 2.00 bits per heavy atom. The van der Waals surface area contributed by atoms with Gasteiger partial charge >= 0.3 is 0 Å². The van der Waals surface area contributed by atoms with E-state index in [9.17, 15) is 0 Å². The van der Waals surface area contributed by atoms with E-state index >= 15 is 0 Å². The van der Waals surface area contributed by atoms with Crippen molar-refractivity contribution in [1.82, 2.24) is 10.1 Å². The van der Waals surface area contributed by atoms with Crippen LogP contribution in [0.3, 0.4) is 0 Å². The number of nitrogens with one attached hydrogen (secondary N) is 1. The molecule has 1 fully saturated rings. The standard InChI is InChI=1S/C9H21BN2/c1-7-5-9(3,4)12(10)6-11-8(7)2/h7-8,11H,5-6,10H2,1-4H3. The van der Waals surface area contributed by atoms with E-state index in [1.807, 2.05) is 0 Å². The van der Waals surface area contributed by atoms with Gasteiger partial charge in [-0.05, 0) is 33.1 Å². The molecule has 1 rings (SSSR count). The maximum atomic E-state index is 3.53. The third-order valence-corrected chi connectivity index (χ3v) is 3.36. The van der Waals surface area contributed by atoms with Crippen LogP contribution in [0.5, 0.6) is 0 Å². The largest absolute Gasteiger partial charge is 0.333 e. The van der Waals surface area contributed by atoms with Crippen molar-refractivity contribution in [2.24, 2.45) is 5.92 Å². The van der Waals surface area contributed by atoms with E-state index in [-0.39, 0.29) is 0 Å². The minimum Gasteiger partial charge on any atom is -0.333 e. The summed E-state index contributed by atoms with van der Waals surface area (Å²) in [4.78, 5) is 2.40. The smallest absolute Gasteiger partial charge is 0.187 e. The van der Waals surface area contributed by atoms with Crippen molar-refractivity contribution in [2.45, 2.75) is 45.7 Å². The molecule has 70 valence electrons. The summed E-state index contributed by atoms with van der Waals surface area (Å²) in [6.45, 7) is 10.3. The van der Waals surface area contributed by atoms with E-state index in [0.29, 0.717) is 11.6 Å². The van der Waals surface area contributed by atoms with E-state index in [1.165, 1.54) is 6.42 Å². The first-order valence-electron chi connectivity index (χ1n) is 4.88. The molecule has 0 aliphatic carbocycles. The Balaban J connectivity index is 2.68. The summed E-state index contributed by atoms with van der Waals surface area (Å²) < 4.78 is 0. The Morgan fingerprint density at radius 1 is 1.42 bits per heavy atom. The minimum absolute atomic E-state index is 0.344. The van der Waals surface area contributed by atoms with Crippen LogP contribution in [0.2, 0.25) is 0 Å². The van der Waals surface area contributed by atoms with Crippen LogP contribution < -0.4 is 5.32 Å². The van der Waals surface area contributed by atoms with Crippen LogP contribution in [0.25, 0.3) is 0 Å². The summed E-state index contributed by atoms with van der Waals surface area (Å²) in [6, 6.07) is 0.647. The lowest BCUT2D eigenvalue weighted by Gasteiger charge is -2.35. The van der Waals surface area contributed by atoms with Crippen LogP contribution in [0.4, 0.5) is 0 Å². The van der Waals surface area contributed by atoms with Crippen molar-refractivity contribution >= 4 is 7.98 Å². The van der Waals surface area contributed by atoms with Crippen LogP contribution in [0, 0.1) is 5.92 Å². The quantitative estimate of drug-likeness (QED) is 0.532. The molecule has 0 aromatic carbocycles. The van der Waals surface area contributed by atoms with Crippen LogP contribution in [0.15, 0.2) is 0 Å². The van der Waals surface area contributed by atoms with Gasteiger partial charge in [0, 0.05) is 18.2 Å². The fourth-order valence-corrected chi connectivity index (χ4v) is 1.82. The number of rotatable bonds is 0. The van der Waals surface area contributed by atoms with Crippen molar-refractivity contribution in [2.75, 3.05) is 6.67 Å². The Labute approximate surface area is 77.1 Å². The Kier molecular flexibility index (Phi) is 2.84. The van der Waals surface area contributed by atoms with E-state index in [4.69, 9.17) is 0 Å². The highest BCUT2D eigenvalue weighted by molar-refractivity contribution is 6.04. The molecular formula is C9H21BN2. The van der Waals surface area contributed by atoms with Gasteiger partial charge in [-0.3, -0.25) is 0 Å². The molecule has 0 radical (unpaired) electrons. The Hall–Kier alpha value is -0.0151. The average molecular weight is 168 g/mol. The molecule has 0 amide bonds. The fourth-order valence-electron chi connectivity index (χ4n) is 1.82. The first-order chi connectivity index (χ1) is 5.43. The van der Waals surface area contributed by atoms with Gasteiger partial charge in [0.2, 0.25) is 0 Å². The molecule has 1 aliphatic heterocycles. The van der Waals surface area contributed by atoms with Gasteiger partial charge < -0.3 is 10.1 Å². The normalized spacial score (nSPS) is 37.7. The summed E-state index contributed by atoms with van der Waals surface area (Å²) in [5, 5.41) is 3.53. The third kappa shape index (κ3) is 2.02. The molecule has 1 heterocycles. The lowest BCUT2D eigenvalue weighted by atomic mass is 9.86. The fraction of sp³-hybridized carbons (Fsp3) is 1.00. The average Bonchev–Trinajstić information content (AvgIpc) is 2.03. The van der Waals surface area contributed by atoms with Gasteiger partial charge in [-0.1, -0.05) is 6.92 Å². The predicted octanol–water partition coefficient (Wildman–Crippen LogP) is 0.590. The molecule has 0 spiro atoms. The lowest BCUT2D eigenvalue weighted by molar-refractivity contribution is 0.218. The molecule has 0 bridgehead atoms. The zero-order chi connectivity index (χ0) is 9.35. The van der Waals surface area contributed by atoms with Crippen molar-refractivity contribution in [1.29, 1.82) is 0 Å². The minimum atomic E-state index is 0.344. The van der Waals surface area contributed by atoms with Crippen molar-refractivity contribution in [3.8, 4) is 0 Å². The zero-order valence-corrected chi connectivity index (χ0v) is 9.02. The Morgan fingerprint density at radius 3 is 2.58 bits per heavy atom. The van der Waals surface area contributed by atoms with Gasteiger partial charge in [-0.25, -0.2) is 0 Å². The number of hydrogen-bond donors (Lipinski definition) is 1. The monoisotopic (exact) mass is 168 g/mol. The van der Waals surface area contributed by atoms with Gasteiger partial charge in [-0.2, -0.15) is 0 Å². The topological polar surface area (TPSA) is 15.3 Å². The molecule has 3 heteroatoms. The van der Waals surface area contributed by atoms with E-state index in [1.54, 1.807) is 0 Å². The van der Waals surface area contributed by atoms with E-state index in [2.05, 4.69) is 45.8 Å². The highest BCUT2D eigenvalue weighted by Crippen LogP contribution is 2.25. The molecular weight excluding hydrogens is 147 g/mol. The highest BCUT2D eigenvalue weighted by atomic mass is 15.2. The van der Waals surface area contributed by atoms with Crippen molar-refractivity contribution in [3.05, 3.63) is 0 Å². The van der Waals surface area contributed by atoms with Crippen LogP contribution >= 0.6 is 0 Å². The van der Waals surface area contributed by atoms with E-state index < -0.39 is 0 Å². The van der Waals surface area contributed by atoms with Gasteiger partial charge in [0.25, 0.3) is 0 Å². The molecule has 0 aromatic heterocycles. The summed E-state index contributed by atoms with van der Waals surface area (Å²) in [5.74, 6) is 0.768. The second-order valence-corrected chi connectivity index (χ2v) is 4.84. The summed E-state index contributed by atoms with van der Waals surface area (Å²) in [7, 11) is 2.19. The van der Waals surface area contributed by atoms with Crippen LogP contribution in [-0.2, 0) is 0 Å². The van der Waals surface area contributed by atoms with Gasteiger partial charge in [0.05, 0.1) is 0 Å². The predicted molar refractivity (Wildman–Crippen MR) is 55.7 cm³/mol. The number of nitrogens with zero attached hydrogens (tertiary/aromatic N) is 1. The first-order valence-corrected chi connectivity index (χ1v) is 4.88. The van der Waals surface area contributed by atoms with Crippen LogP contribution in [0.1, 0.15) is 34.1 Å². The molecule has 2 nitrogen and oxygen atoms in total. The summed E-state index contributed by atoms with van der Waals surface area (Å²) >= 11 is 0. The van der Waals surface area contributed by atoms with Crippen molar-refractivity contribution in [3.63, 3.8) is 0 Å². The van der Waals surface area contributed by atoms with Gasteiger partial charge in [0.1, 0.15) is 0 Å². The SMILES string of the molecule is BN1CNC(C)C(C)CC1(C)C. The molecule has 0 aromatic rings. The summed E-state index contributed by atoms with van der Waals surface area (Å²) in [6.07, 6.45) is 1.28. The number of hydrogen-bond acceptors (Lipinski definition) is 2.